The summed E-state index contributed by atoms with van der Waals surface area (Å²) in [5.41, 5.74) is 0.206. The first-order valence-corrected chi connectivity index (χ1v) is 7.31. The number of methoxy groups -OCH3 is 1. The monoisotopic (exact) mass is 337 g/mol. The first-order chi connectivity index (χ1) is 11.0. The molecule has 118 valence electrons. The molecule has 3 aromatic rings. The third-order valence-corrected chi connectivity index (χ3v) is 4.01. The molecule has 2 aromatic heterocycles. The van der Waals surface area contributed by atoms with Crippen LogP contribution in [-0.2, 0) is 6.18 Å². The van der Waals surface area contributed by atoms with Crippen molar-refractivity contribution in [3.63, 3.8) is 0 Å². The minimum atomic E-state index is -4.39. The molecule has 0 fully saturated rings. The van der Waals surface area contributed by atoms with Gasteiger partial charge in [-0.25, -0.2) is 4.98 Å². The van der Waals surface area contributed by atoms with Gasteiger partial charge in [-0.2, -0.15) is 13.2 Å². The number of ether oxygens (including phenoxy) is 1. The van der Waals surface area contributed by atoms with E-state index in [0.29, 0.717) is 27.2 Å². The normalized spacial score (nSPS) is 11.5. The van der Waals surface area contributed by atoms with Crippen LogP contribution in [0.4, 0.5) is 13.2 Å². The maximum absolute atomic E-state index is 12.8. The number of aromatic nitrogens is 3. The molecule has 0 radical (unpaired) electrons. The van der Waals surface area contributed by atoms with Gasteiger partial charge in [0.2, 0.25) is 5.88 Å². The molecule has 3 rings (SSSR count). The van der Waals surface area contributed by atoms with Crippen LogP contribution in [0.3, 0.4) is 0 Å². The number of pyridine rings is 1. The van der Waals surface area contributed by atoms with Crippen LogP contribution in [0.2, 0.25) is 0 Å². The lowest BCUT2D eigenvalue weighted by atomic mass is 10.1. The smallest absolute Gasteiger partial charge is 0.416 e. The van der Waals surface area contributed by atoms with Gasteiger partial charge in [0, 0.05) is 11.6 Å². The summed E-state index contributed by atoms with van der Waals surface area (Å²) >= 11 is 1.17. The number of rotatable bonds is 3. The molecule has 23 heavy (non-hydrogen) atoms. The summed E-state index contributed by atoms with van der Waals surface area (Å²) in [5.74, 6) is 0.429. The molecule has 0 spiro atoms. The molecule has 0 N–H and O–H groups in total. The molecule has 0 atom stereocenters. The first kappa shape index (κ1) is 15.4. The Kier molecular flexibility index (Phi) is 3.99. The van der Waals surface area contributed by atoms with E-state index in [2.05, 4.69) is 15.2 Å². The van der Waals surface area contributed by atoms with E-state index >= 15 is 0 Å². The maximum atomic E-state index is 12.8. The molecule has 1 aromatic carbocycles. The minimum Gasteiger partial charge on any atom is -0.481 e. The Morgan fingerprint density at radius 2 is 1.74 bits per heavy atom. The third kappa shape index (κ3) is 3.31. The zero-order valence-electron chi connectivity index (χ0n) is 11.8. The summed E-state index contributed by atoms with van der Waals surface area (Å²) in [4.78, 5) is 4.23. The van der Waals surface area contributed by atoms with Gasteiger partial charge in [-0.15, -0.1) is 10.2 Å². The largest absolute Gasteiger partial charge is 0.481 e. The Morgan fingerprint density at radius 1 is 1.00 bits per heavy atom. The molecular formula is C15H10F3N3OS. The summed E-state index contributed by atoms with van der Waals surface area (Å²) in [6, 6.07) is 10.2. The zero-order chi connectivity index (χ0) is 16.4. The Morgan fingerprint density at radius 3 is 2.48 bits per heavy atom. The van der Waals surface area contributed by atoms with Crippen molar-refractivity contribution in [1.29, 1.82) is 0 Å². The number of hydrogen-bond donors (Lipinski definition) is 0. The number of halogens is 3. The van der Waals surface area contributed by atoms with Gasteiger partial charge in [0.1, 0.15) is 10.7 Å². The molecule has 0 amide bonds. The van der Waals surface area contributed by atoms with Gasteiger partial charge in [-0.1, -0.05) is 29.5 Å². The van der Waals surface area contributed by atoms with Crippen molar-refractivity contribution >= 4 is 11.3 Å². The molecule has 0 aliphatic rings. The van der Waals surface area contributed by atoms with Gasteiger partial charge < -0.3 is 4.74 Å². The fourth-order valence-corrected chi connectivity index (χ4v) is 2.73. The highest BCUT2D eigenvalue weighted by Crippen LogP contribution is 2.34. The average molecular weight is 337 g/mol. The molecule has 0 unspecified atom stereocenters. The lowest BCUT2D eigenvalue weighted by Gasteiger charge is -2.06. The second-order valence-electron chi connectivity index (χ2n) is 4.56. The molecule has 0 aliphatic carbocycles. The van der Waals surface area contributed by atoms with Crippen LogP contribution >= 0.6 is 11.3 Å². The van der Waals surface area contributed by atoms with E-state index in [1.54, 1.807) is 24.3 Å². The Labute approximate surface area is 133 Å². The lowest BCUT2D eigenvalue weighted by molar-refractivity contribution is -0.137. The number of nitrogens with zero attached hydrogens (tertiary/aromatic N) is 3. The van der Waals surface area contributed by atoms with Gasteiger partial charge in [-0.3, -0.25) is 0 Å². The third-order valence-electron chi connectivity index (χ3n) is 3.01. The van der Waals surface area contributed by atoms with E-state index in [1.165, 1.54) is 24.5 Å². The van der Waals surface area contributed by atoms with Crippen molar-refractivity contribution < 1.29 is 17.9 Å². The Hall–Kier alpha value is -2.48. The van der Waals surface area contributed by atoms with Crippen LogP contribution in [0.15, 0.2) is 42.5 Å². The second-order valence-corrected chi connectivity index (χ2v) is 5.53. The van der Waals surface area contributed by atoms with Crippen molar-refractivity contribution in [1.82, 2.24) is 15.2 Å². The summed E-state index contributed by atoms with van der Waals surface area (Å²) in [7, 11) is 1.50. The van der Waals surface area contributed by atoms with Crippen LogP contribution in [0, 0.1) is 0 Å². The van der Waals surface area contributed by atoms with Gasteiger partial charge in [0.25, 0.3) is 0 Å². The zero-order valence-corrected chi connectivity index (χ0v) is 12.6. The van der Waals surface area contributed by atoms with Gasteiger partial charge in [0.05, 0.1) is 12.7 Å². The summed E-state index contributed by atoms with van der Waals surface area (Å²) in [6.07, 6.45) is -4.39. The molecular weight excluding hydrogens is 327 g/mol. The van der Waals surface area contributed by atoms with Crippen LogP contribution in [-0.4, -0.2) is 22.3 Å². The van der Waals surface area contributed by atoms with Crippen molar-refractivity contribution in [3.8, 4) is 27.2 Å². The molecule has 2 heterocycles. The fraction of sp³-hybridized carbons (Fsp3) is 0.133. The highest BCUT2D eigenvalue weighted by atomic mass is 32.1. The van der Waals surface area contributed by atoms with Crippen molar-refractivity contribution in [3.05, 3.63) is 48.0 Å². The molecule has 4 nitrogen and oxygen atoms in total. The predicted octanol–water partition coefficient (Wildman–Crippen LogP) is 4.29. The van der Waals surface area contributed by atoms with Crippen LogP contribution < -0.4 is 4.74 Å². The van der Waals surface area contributed by atoms with Crippen LogP contribution in [0.25, 0.3) is 21.3 Å². The summed E-state index contributed by atoms with van der Waals surface area (Å²) in [5, 5.41) is 8.87. The molecule has 8 heteroatoms. The van der Waals surface area contributed by atoms with Crippen LogP contribution in [0.5, 0.6) is 5.88 Å². The average Bonchev–Trinajstić information content (AvgIpc) is 3.04. The topological polar surface area (TPSA) is 47.9 Å². The Balaban J connectivity index is 1.96. The SMILES string of the molecule is COc1cccc(-c2nnc(-c3cccc(C(F)(F)F)c3)s2)n1. The molecule has 0 aliphatic heterocycles. The van der Waals surface area contributed by atoms with Gasteiger partial charge in [0.15, 0.2) is 5.01 Å². The van der Waals surface area contributed by atoms with E-state index in [1.807, 2.05) is 0 Å². The quantitative estimate of drug-likeness (QED) is 0.715. The van der Waals surface area contributed by atoms with Crippen molar-refractivity contribution in [2.24, 2.45) is 0 Å². The number of alkyl halides is 3. The van der Waals surface area contributed by atoms with E-state index in [0.717, 1.165) is 12.1 Å². The Bertz CT molecular complexity index is 833. The number of hydrogen-bond acceptors (Lipinski definition) is 5. The molecule has 0 saturated carbocycles. The molecule has 0 bridgehead atoms. The minimum absolute atomic E-state index is 0.367. The summed E-state index contributed by atoms with van der Waals surface area (Å²) < 4.78 is 43.4. The predicted molar refractivity (Wildman–Crippen MR) is 80.1 cm³/mol. The number of benzene rings is 1. The lowest BCUT2D eigenvalue weighted by Crippen LogP contribution is -2.04. The van der Waals surface area contributed by atoms with E-state index in [-0.39, 0.29) is 0 Å². The first-order valence-electron chi connectivity index (χ1n) is 6.50. The highest BCUT2D eigenvalue weighted by molar-refractivity contribution is 7.17. The van der Waals surface area contributed by atoms with E-state index < -0.39 is 11.7 Å². The second kappa shape index (κ2) is 5.96. The standard InChI is InChI=1S/C15H10F3N3OS/c1-22-12-7-3-6-11(19-12)14-21-20-13(23-14)9-4-2-5-10(8-9)15(16,17)18/h2-8H,1H3. The van der Waals surface area contributed by atoms with Gasteiger partial charge >= 0.3 is 6.18 Å². The summed E-state index contributed by atoms with van der Waals surface area (Å²) in [6.45, 7) is 0. The highest BCUT2D eigenvalue weighted by Gasteiger charge is 2.30. The van der Waals surface area contributed by atoms with Gasteiger partial charge in [-0.05, 0) is 18.2 Å². The molecule has 0 saturated heterocycles. The van der Waals surface area contributed by atoms with Crippen molar-refractivity contribution in [2.75, 3.05) is 7.11 Å². The fourth-order valence-electron chi connectivity index (χ4n) is 1.92. The maximum Gasteiger partial charge on any atom is 0.416 e. The van der Waals surface area contributed by atoms with Crippen molar-refractivity contribution in [2.45, 2.75) is 6.18 Å². The van der Waals surface area contributed by atoms with Crippen LogP contribution in [0.1, 0.15) is 5.56 Å². The van der Waals surface area contributed by atoms with E-state index in [9.17, 15) is 13.2 Å². The van der Waals surface area contributed by atoms with E-state index in [4.69, 9.17) is 4.74 Å².